The lowest BCUT2D eigenvalue weighted by atomic mass is 10.0. The van der Waals surface area contributed by atoms with Crippen LogP contribution in [-0.4, -0.2) is 27.8 Å². The van der Waals surface area contributed by atoms with E-state index in [9.17, 15) is 0 Å². The summed E-state index contributed by atoms with van der Waals surface area (Å²) in [6, 6.07) is 0.448. The molecular weight excluding hydrogens is 242 g/mol. The number of aromatic nitrogens is 2. The van der Waals surface area contributed by atoms with Crippen molar-refractivity contribution in [3.8, 4) is 0 Å². The van der Waals surface area contributed by atoms with Crippen molar-refractivity contribution in [1.82, 2.24) is 9.36 Å². The number of alkyl halides is 1. The van der Waals surface area contributed by atoms with Gasteiger partial charge in [-0.3, -0.25) is 0 Å². The standard InChI is InChI=1S/C11H18ClN3S/c1-8(2)10-13-11(16-14-10)15-6-4-3-5-9(15)7-12/h8-9H,3-7H2,1-2H3. The normalized spacial score (nSPS) is 21.8. The molecule has 2 heterocycles. The van der Waals surface area contributed by atoms with Crippen LogP contribution in [0.1, 0.15) is 44.9 Å². The third kappa shape index (κ3) is 2.48. The monoisotopic (exact) mass is 259 g/mol. The van der Waals surface area contributed by atoms with E-state index in [4.69, 9.17) is 11.6 Å². The Morgan fingerprint density at radius 3 is 2.94 bits per heavy atom. The van der Waals surface area contributed by atoms with Gasteiger partial charge in [-0.15, -0.1) is 11.6 Å². The molecule has 0 aliphatic carbocycles. The van der Waals surface area contributed by atoms with Crippen molar-refractivity contribution >= 4 is 28.3 Å². The highest BCUT2D eigenvalue weighted by Crippen LogP contribution is 2.28. The molecule has 1 saturated heterocycles. The zero-order valence-corrected chi connectivity index (χ0v) is 11.4. The van der Waals surface area contributed by atoms with Crippen molar-refractivity contribution in [3.63, 3.8) is 0 Å². The Bertz CT molecular complexity index is 340. The van der Waals surface area contributed by atoms with Gasteiger partial charge >= 0.3 is 0 Å². The van der Waals surface area contributed by atoms with Gasteiger partial charge in [-0.1, -0.05) is 13.8 Å². The molecule has 0 spiro atoms. The molecule has 2 rings (SSSR count). The third-order valence-electron chi connectivity index (χ3n) is 3.00. The van der Waals surface area contributed by atoms with Gasteiger partial charge in [-0.2, -0.15) is 4.37 Å². The Morgan fingerprint density at radius 2 is 2.31 bits per heavy atom. The third-order valence-corrected chi connectivity index (χ3v) is 4.12. The van der Waals surface area contributed by atoms with Crippen LogP contribution in [0.2, 0.25) is 0 Å². The van der Waals surface area contributed by atoms with Crippen molar-refractivity contribution in [1.29, 1.82) is 0 Å². The van der Waals surface area contributed by atoms with Crippen LogP contribution in [0.15, 0.2) is 0 Å². The maximum atomic E-state index is 6.01. The van der Waals surface area contributed by atoms with Crippen LogP contribution in [-0.2, 0) is 0 Å². The second-order valence-corrected chi connectivity index (χ2v) is 5.63. The first kappa shape index (κ1) is 12.1. The minimum absolute atomic E-state index is 0.407. The highest BCUT2D eigenvalue weighted by Gasteiger charge is 2.24. The van der Waals surface area contributed by atoms with E-state index in [0.29, 0.717) is 17.8 Å². The largest absolute Gasteiger partial charge is 0.343 e. The Kier molecular flexibility index (Phi) is 4.03. The lowest BCUT2D eigenvalue weighted by Gasteiger charge is -2.33. The minimum atomic E-state index is 0.407. The van der Waals surface area contributed by atoms with Crippen molar-refractivity contribution in [2.45, 2.75) is 45.1 Å². The maximum absolute atomic E-state index is 6.01. The summed E-state index contributed by atoms with van der Waals surface area (Å²) in [4.78, 5) is 6.94. The summed E-state index contributed by atoms with van der Waals surface area (Å²) in [6.45, 7) is 5.33. The minimum Gasteiger partial charge on any atom is -0.343 e. The Labute approximate surface area is 106 Å². The van der Waals surface area contributed by atoms with Crippen molar-refractivity contribution in [2.24, 2.45) is 0 Å². The number of nitrogens with zero attached hydrogens (tertiary/aromatic N) is 3. The van der Waals surface area contributed by atoms with E-state index >= 15 is 0 Å². The molecule has 3 nitrogen and oxygen atoms in total. The zero-order valence-electron chi connectivity index (χ0n) is 9.82. The average Bonchev–Trinajstić information content (AvgIpc) is 2.78. The first-order valence-corrected chi connectivity index (χ1v) is 7.19. The molecule has 0 aromatic carbocycles. The number of rotatable bonds is 3. The van der Waals surface area contributed by atoms with Crippen LogP contribution in [0.5, 0.6) is 0 Å². The summed E-state index contributed by atoms with van der Waals surface area (Å²) in [5.74, 6) is 2.06. The zero-order chi connectivity index (χ0) is 11.5. The summed E-state index contributed by atoms with van der Waals surface area (Å²) in [5.41, 5.74) is 0. The predicted molar refractivity (Wildman–Crippen MR) is 69.7 cm³/mol. The number of halogens is 1. The molecule has 1 fully saturated rings. The molecule has 0 amide bonds. The first-order valence-electron chi connectivity index (χ1n) is 5.88. The number of anilines is 1. The highest BCUT2D eigenvalue weighted by atomic mass is 35.5. The van der Waals surface area contributed by atoms with Crippen LogP contribution >= 0.6 is 23.1 Å². The van der Waals surface area contributed by atoms with Crippen molar-refractivity contribution < 1.29 is 0 Å². The molecule has 1 aromatic heterocycles. The molecule has 1 aliphatic rings. The van der Waals surface area contributed by atoms with Crippen molar-refractivity contribution in [3.05, 3.63) is 5.82 Å². The van der Waals surface area contributed by atoms with Crippen LogP contribution in [0, 0.1) is 0 Å². The van der Waals surface area contributed by atoms with E-state index in [-0.39, 0.29) is 0 Å². The summed E-state index contributed by atoms with van der Waals surface area (Å²) >= 11 is 7.52. The predicted octanol–water partition coefficient (Wildman–Crippen LogP) is 3.26. The van der Waals surface area contributed by atoms with Gasteiger partial charge in [0.25, 0.3) is 0 Å². The number of piperidine rings is 1. The van der Waals surface area contributed by atoms with Gasteiger partial charge in [-0.05, 0) is 19.3 Å². The molecule has 1 atom stereocenters. The van der Waals surface area contributed by atoms with E-state index in [1.807, 2.05) is 0 Å². The fraction of sp³-hybridized carbons (Fsp3) is 0.818. The van der Waals surface area contributed by atoms with Crippen LogP contribution in [0.4, 0.5) is 5.13 Å². The molecule has 5 heteroatoms. The lowest BCUT2D eigenvalue weighted by Crippen LogP contribution is -2.40. The van der Waals surface area contributed by atoms with Crippen molar-refractivity contribution in [2.75, 3.05) is 17.3 Å². The van der Waals surface area contributed by atoms with E-state index in [1.54, 1.807) is 0 Å². The SMILES string of the molecule is CC(C)c1nsc(N2CCCCC2CCl)n1. The van der Waals surface area contributed by atoms with Gasteiger partial charge in [0.2, 0.25) is 5.13 Å². The van der Waals surface area contributed by atoms with E-state index in [2.05, 4.69) is 28.1 Å². The van der Waals surface area contributed by atoms with Crippen LogP contribution < -0.4 is 4.90 Å². The molecule has 0 radical (unpaired) electrons. The molecule has 0 saturated carbocycles. The fourth-order valence-electron chi connectivity index (χ4n) is 1.99. The van der Waals surface area contributed by atoms with Crippen LogP contribution in [0.25, 0.3) is 0 Å². The van der Waals surface area contributed by atoms with Crippen LogP contribution in [0.3, 0.4) is 0 Å². The lowest BCUT2D eigenvalue weighted by molar-refractivity contribution is 0.487. The average molecular weight is 260 g/mol. The van der Waals surface area contributed by atoms with Gasteiger partial charge in [0.1, 0.15) is 5.82 Å². The number of hydrogen-bond acceptors (Lipinski definition) is 4. The first-order chi connectivity index (χ1) is 7.72. The topological polar surface area (TPSA) is 29.0 Å². The molecule has 1 aromatic rings. The van der Waals surface area contributed by atoms with Gasteiger partial charge in [-0.25, -0.2) is 4.98 Å². The fourth-order valence-corrected chi connectivity index (χ4v) is 3.22. The maximum Gasteiger partial charge on any atom is 0.205 e. The molecule has 1 unspecified atom stereocenters. The molecule has 90 valence electrons. The Balaban J connectivity index is 2.14. The Hall–Kier alpha value is -0.350. The number of hydrogen-bond donors (Lipinski definition) is 0. The van der Waals surface area contributed by atoms with Gasteiger partial charge < -0.3 is 4.90 Å². The van der Waals surface area contributed by atoms with E-state index in [1.165, 1.54) is 30.8 Å². The van der Waals surface area contributed by atoms with Gasteiger partial charge in [0.05, 0.1) is 0 Å². The Morgan fingerprint density at radius 1 is 1.50 bits per heavy atom. The van der Waals surface area contributed by atoms with E-state index in [0.717, 1.165) is 17.5 Å². The summed E-state index contributed by atoms with van der Waals surface area (Å²) in [5, 5.41) is 1.05. The molecular formula is C11H18ClN3S. The molecule has 1 aliphatic heterocycles. The van der Waals surface area contributed by atoms with Gasteiger partial charge in [0, 0.05) is 35.9 Å². The smallest absolute Gasteiger partial charge is 0.205 e. The summed E-state index contributed by atoms with van der Waals surface area (Å²) in [6.07, 6.45) is 3.70. The molecule has 0 bridgehead atoms. The van der Waals surface area contributed by atoms with E-state index < -0.39 is 0 Å². The molecule has 16 heavy (non-hydrogen) atoms. The second kappa shape index (κ2) is 5.32. The van der Waals surface area contributed by atoms with Gasteiger partial charge in [0.15, 0.2) is 0 Å². The highest BCUT2D eigenvalue weighted by molar-refractivity contribution is 7.09. The summed E-state index contributed by atoms with van der Waals surface area (Å²) in [7, 11) is 0. The quantitative estimate of drug-likeness (QED) is 0.781. The summed E-state index contributed by atoms with van der Waals surface area (Å²) < 4.78 is 4.41. The second-order valence-electron chi connectivity index (χ2n) is 4.59. The molecule has 0 N–H and O–H groups in total.